The molecule has 1 unspecified atom stereocenters. The molecule has 1 aromatic heterocycles. The second kappa shape index (κ2) is 7.20. The van der Waals surface area contributed by atoms with Gasteiger partial charge in [0.05, 0.1) is 13.2 Å². The summed E-state index contributed by atoms with van der Waals surface area (Å²) in [5, 5.41) is 9.72. The van der Waals surface area contributed by atoms with Crippen LogP contribution in [0.3, 0.4) is 0 Å². The van der Waals surface area contributed by atoms with Crippen molar-refractivity contribution in [3.8, 4) is 5.75 Å². The molecule has 21 heavy (non-hydrogen) atoms. The molecule has 0 aliphatic rings. The SMILES string of the molecule is COc1ccc(C(C)O)cc1CN(C)Cc1ccncc1. The van der Waals surface area contributed by atoms with Gasteiger partial charge in [-0.25, -0.2) is 0 Å². The first-order valence-electron chi connectivity index (χ1n) is 7.02. The Morgan fingerprint density at radius 1 is 1.19 bits per heavy atom. The van der Waals surface area contributed by atoms with E-state index in [0.29, 0.717) is 0 Å². The van der Waals surface area contributed by atoms with Gasteiger partial charge in [-0.05, 0) is 49.4 Å². The summed E-state index contributed by atoms with van der Waals surface area (Å²) in [7, 11) is 3.73. The van der Waals surface area contributed by atoms with Crippen molar-refractivity contribution in [3.05, 3.63) is 59.4 Å². The van der Waals surface area contributed by atoms with Crippen LogP contribution in [0.15, 0.2) is 42.7 Å². The minimum absolute atomic E-state index is 0.472. The molecule has 0 aliphatic carbocycles. The van der Waals surface area contributed by atoms with Gasteiger partial charge in [-0.3, -0.25) is 9.88 Å². The normalized spacial score (nSPS) is 12.4. The Morgan fingerprint density at radius 2 is 1.90 bits per heavy atom. The number of aromatic nitrogens is 1. The van der Waals surface area contributed by atoms with Crippen molar-refractivity contribution in [3.63, 3.8) is 0 Å². The lowest BCUT2D eigenvalue weighted by atomic mass is 10.1. The Hall–Kier alpha value is -1.91. The van der Waals surface area contributed by atoms with Crippen molar-refractivity contribution in [2.45, 2.75) is 26.1 Å². The molecule has 0 bridgehead atoms. The Labute approximate surface area is 126 Å². The van der Waals surface area contributed by atoms with Gasteiger partial charge in [-0.15, -0.1) is 0 Å². The zero-order valence-corrected chi connectivity index (χ0v) is 12.8. The highest BCUT2D eigenvalue weighted by Crippen LogP contribution is 2.24. The van der Waals surface area contributed by atoms with E-state index in [2.05, 4.69) is 16.9 Å². The van der Waals surface area contributed by atoms with Crippen LogP contribution in [0.4, 0.5) is 0 Å². The number of rotatable bonds is 6. The Kier molecular flexibility index (Phi) is 5.31. The van der Waals surface area contributed by atoms with Crippen LogP contribution in [0.5, 0.6) is 5.75 Å². The number of hydrogen-bond acceptors (Lipinski definition) is 4. The molecule has 112 valence electrons. The van der Waals surface area contributed by atoms with Crippen LogP contribution in [-0.2, 0) is 13.1 Å². The van der Waals surface area contributed by atoms with Crippen LogP contribution in [0.25, 0.3) is 0 Å². The third kappa shape index (κ3) is 4.28. The highest BCUT2D eigenvalue weighted by Gasteiger charge is 2.10. The Balaban J connectivity index is 2.12. The lowest BCUT2D eigenvalue weighted by molar-refractivity contribution is 0.199. The van der Waals surface area contributed by atoms with Crippen LogP contribution in [0.1, 0.15) is 29.7 Å². The average molecular weight is 286 g/mol. The molecule has 4 heteroatoms. The summed E-state index contributed by atoms with van der Waals surface area (Å²) in [4.78, 5) is 6.24. The molecule has 1 aromatic carbocycles. The lowest BCUT2D eigenvalue weighted by Gasteiger charge is -2.19. The fourth-order valence-electron chi connectivity index (χ4n) is 2.33. The molecular formula is C17H22N2O2. The van der Waals surface area contributed by atoms with Crippen molar-refractivity contribution in [1.29, 1.82) is 0 Å². The van der Waals surface area contributed by atoms with E-state index in [1.54, 1.807) is 26.4 Å². The van der Waals surface area contributed by atoms with Gasteiger partial charge in [0.1, 0.15) is 5.75 Å². The molecule has 0 saturated carbocycles. The second-order valence-corrected chi connectivity index (χ2v) is 5.28. The van der Waals surface area contributed by atoms with Gasteiger partial charge >= 0.3 is 0 Å². The maximum Gasteiger partial charge on any atom is 0.123 e. The molecule has 1 atom stereocenters. The molecule has 4 nitrogen and oxygen atoms in total. The summed E-state index contributed by atoms with van der Waals surface area (Å²) >= 11 is 0. The van der Waals surface area contributed by atoms with E-state index in [4.69, 9.17) is 4.74 Å². The first kappa shape index (κ1) is 15.5. The van der Waals surface area contributed by atoms with Gasteiger partial charge < -0.3 is 9.84 Å². The van der Waals surface area contributed by atoms with Crippen molar-refractivity contribution in [2.75, 3.05) is 14.2 Å². The van der Waals surface area contributed by atoms with Gasteiger partial charge in [0.15, 0.2) is 0 Å². The molecule has 0 fully saturated rings. The monoisotopic (exact) mass is 286 g/mol. The molecule has 2 aromatic rings. The van der Waals surface area contributed by atoms with Gasteiger partial charge in [0.2, 0.25) is 0 Å². The van der Waals surface area contributed by atoms with Crippen molar-refractivity contribution >= 4 is 0 Å². The fourth-order valence-corrected chi connectivity index (χ4v) is 2.33. The number of benzene rings is 1. The molecule has 0 amide bonds. The largest absolute Gasteiger partial charge is 0.496 e. The summed E-state index contributed by atoms with van der Waals surface area (Å²) in [5.41, 5.74) is 3.20. The topological polar surface area (TPSA) is 45.6 Å². The average Bonchev–Trinajstić information content (AvgIpc) is 2.48. The van der Waals surface area contributed by atoms with E-state index in [0.717, 1.165) is 30.0 Å². The number of pyridine rings is 1. The van der Waals surface area contributed by atoms with Crippen LogP contribution in [-0.4, -0.2) is 29.1 Å². The number of methoxy groups -OCH3 is 1. The van der Waals surface area contributed by atoms with Crippen molar-refractivity contribution in [2.24, 2.45) is 0 Å². The molecule has 0 radical (unpaired) electrons. The third-order valence-electron chi connectivity index (χ3n) is 3.43. The number of aliphatic hydroxyl groups is 1. The van der Waals surface area contributed by atoms with E-state index in [9.17, 15) is 5.11 Å². The predicted octanol–water partition coefficient (Wildman–Crippen LogP) is 2.78. The molecule has 2 rings (SSSR count). The van der Waals surface area contributed by atoms with Crippen molar-refractivity contribution in [1.82, 2.24) is 9.88 Å². The van der Waals surface area contributed by atoms with E-state index in [-0.39, 0.29) is 0 Å². The lowest BCUT2D eigenvalue weighted by Crippen LogP contribution is -2.18. The maximum absolute atomic E-state index is 9.72. The Bertz CT molecular complexity index is 570. The quantitative estimate of drug-likeness (QED) is 0.887. The highest BCUT2D eigenvalue weighted by atomic mass is 16.5. The summed E-state index contributed by atoms with van der Waals surface area (Å²) < 4.78 is 5.41. The Morgan fingerprint density at radius 3 is 2.52 bits per heavy atom. The van der Waals surface area contributed by atoms with E-state index >= 15 is 0 Å². The van der Waals surface area contributed by atoms with Crippen LogP contribution in [0, 0.1) is 0 Å². The third-order valence-corrected chi connectivity index (χ3v) is 3.43. The minimum atomic E-state index is -0.472. The zero-order valence-electron chi connectivity index (χ0n) is 12.8. The van der Waals surface area contributed by atoms with Gasteiger partial charge in [0.25, 0.3) is 0 Å². The smallest absolute Gasteiger partial charge is 0.123 e. The van der Waals surface area contributed by atoms with Gasteiger partial charge in [-0.1, -0.05) is 6.07 Å². The second-order valence-electron chi connectivity index (χ2n) is 5.28. The van der Waals surface area contributed by atoms with Gasteiger partial charge in [0, 0.05) is 31.0 Å². The zero-order chi connectivity index (χ0) is 15.2. The number of hydrogen-bond donors (Lipinski definition) is 1. The molecule has 0 aliphatic heterocycles. The maximum atomic E-state index is 9.72. The minimum Gasteiger partial charge on any atom is -0.496 e. The van der Waals surface area contributed by atoms with Crippen LogP contribution in [0.2, 0.25) is 0 Å². The number of nitrogens with zero attached hydrogens (tertiary/aromatic N) is 2. The summed E-state index contributed by atoms with van der Waals surface area (Å²) in [6, 6.07) is 9.85. The van der Waals surface area contributed by atoms with Crippen LogP contribution < -0.4 is 4.74 Å². The highest BCUT2D eigenvalue weighted by molar-refractivity contribution is 5.38. The fraction of sp³-hybridized carbons (Fsp3) is 0.353. The predicted molar refractivity (Wildman–Crippen MR) is 83.0 cm³/mol. The first-order chi connectivity index (χ1) is 10.1. The van der Waals surface area contributed by atoms with Gasteiger partial charge in [-0.2, -0.15) is 0 Å². The van der Waals surface area contributed by atoms with Crippen molar-refractivity contribution < 1.29 is 9.84 Å². The number of aliphatic hydroxyl groups excluding tert-OH is 1. The van der Waals surface area contributed by atoms with E-state index in [1.807, 2.05) is 30.3 Å². The van der Waals surface area contributed by atoms with Crippen LogP contribution >= 0.6 is 0 Å². The summed E-state index contributed by atoms with van der Waals surface area (Å²) in [6.07, 6.45) is 3.13. The van der Waals surface area contributed by atoms with E-state index in [1.165, 1.54) is 5.56 Å². The molecular weight excluding hydrogens is 264 g/mol. The first-order valence-corrected chi connectivity index (χ1v) is 7.02. The van der Waals surface area contributed by atoms with E-state index < -0.39 is 6.10 Å². The number of ether oxygens (including phenoxy) is 1. The molecule has 1 N–H and O–H groups in total. The standard InChI is InChI=1S/C17H22N2O2/c1-13(20)15-4-5-17(21-3)16(10-15)12-19(2)11-14-6-8-18-9-7-14/h4-10,13,20H,11-12H2,1-3H3. The summed E-state index contributed by atoms with van der Waals surface area (Å²) in [6.45, 7) is 3.36. The molecule has 1 heterocycles. The summed E-state index contributed by atoms with van der Waals surface area (Å²) in [5.74, 6) is 0.848. The molecule has 0 spiro atoms. The molecule has 0 saturated heterocycles.